The Morgan fingerprint density at radius 1 is 1.33 bits per heavy atom. The van der Waals surface area contributed by atoms with Crippen LogP contribution in [0.25, 0.3) is 0 Å². The molecular formula is C15H22BrNO. The minimum absolute atomic E-state index is 0.0652. The Hall–Kier alpha value is -0.380. The Morgan fingerprint density at radius 2 is 2.06 bits per heavy atom. The molecule has 1 aromatic rings. The fourth-order valence-corrected chi connectivity index (χ4v) is 3.00. The quantitative estimate of drug-likeness (QED) is 0.870. The van der Waals surface area contributed by atoms with E-state index in [1.807, 2.05) is 0 Å². The molecule has 2 N–H and O–H groups in total. The zero-order chi connectivity index (χ0) is 13.0. The third-order valence-corrected chi connectivity index (χ3v) is 4.38. The van der Waals surface area contributed by atoms with Gasteiger partial charge in [0.25, 0.3) is 0 Å². The van der Waals surface area contributed by atoms with Crippen LogP contribution in [0, 0.1) is 5.92 Å². The van der Waals surface area contributed by atoms with E-state index in [0.29, 0.717) is 12.0 Å². The highest BCUT2D eigenvalue weighted by molar-refractivity contribution is 9.10. The van der Waals surface area contributed by atoms with Crippen LogP contribution in [0.4, 0.5) is 0 Å². The molecule has 0 bridgehead atoms. The summed E-state index contributed by atoms with van der Waals surface area (Å²) < 4.78 is 1.13. The molecule has 0 saturated heterocycles. The predicted molar refractivity (Wildman–Crippen MR) is 78.5 cm³/mol. The summed E-state index contributed by atoms with van der Waals surface area (Å²) in [5.74, 6) is 0.643. The molecule has 0 amide bonds. The molecule has 1 aliphatic rings. The van der Waals surface area contributed by atoms with Crippen LogP contribution in [-0.4, -0.2) is 17.8 Å². The lowest BCUT2D eigenvalue weighted by molar-refractivity contribution is 0.177. The molecule has 18 heavy (non-hydrogen) atoms. The number of aliphatic hydroxyl groups excluding tert-OH is 1. The molecule has 100 valence electrons. The second kappa shape index (κ2) is 6.69. The molecule has 3 heteroatoms. The third-order valence-electron chi connectivity index (χ3n) is 3.85. The van der Waals surface area contributed by atoms with Crippen molar-refractivity contribution >= 4 is 15.9 Å². The predicted octanol–water partition coefficient (Wildman–Crippen LogP) is 3.65. The first-order valence-corrected chi connectivity index (χ1v) is 7.65. The first-order chi connectivity index (χ1) is 8.69. The molecular weight excluding hydrogens is 290 g/mol. The largest absolute Gasteiger partial charge is 0.393 e. The van der Waals surface area contributed by atoms with Crippen molar-refractivity contribution in [2.45, 2.75) is 44.8 Å². The van der Waals surface area contributed by atoms with Gasteiger partial charge in [0.15, 0.2) is 0 Å². The van der Waals surface area contributed by atoms with Gasteiger partial charge in [-0.3, -0.25) is 0 Å². The normalized spacial score (nSPS) is 25.3. The Labute approximate surface area is 118 Å². The zero-order valence-corrected chi connectivity index (χ0v) is 12.5. The molecule has 0 radical (unpaired) electrons. The highest BCUT2D eigenvalue weighted by Gasteiger charge is 2.23. The smallest absolute Gasteiger partial charge is 0.0543 e. The maximum atomic E-state index is 9.54. The summed E-state index contributed by atoms with van der Waals surface area (Å²) in [5.41, 5.74) is 1.35. The van der Waals surface area contributed by atoms with Gasteiger partial charge in [-0.1, -0.05) is 35.0 Å². The number of aliphatic hydroxyl groups is 1. The zero-order valence-electron chi connectivity index (χ0n) is 10.9. The van der Waals surface area contributed by atoms with Crippen molar-refractivity contribution in [2.75, 3.05) is 6.54 Å². The lowest BCUT2D eigenvalue weighted by atomic mass is 10.0. The van der Waals surface area contributed by atoms with Crippen molar-refractivity contribution in [1.82, 2.24) is 5.32 Å². The fourth-order valence-electron chi connectivity index (χ4n) is 2.74. The average molecular weight is 312 g/mol. The Morgan fingerprint density at radius 3 is 2.61 bits per heavy atom. The Bertz CT molecular complexity index is 365. The molecule has 3 atom stereocenters. The van der Waals surface area contributed by atoms with Gasteiger partial charge in [-0.05, 0) is 55.8 Å². The minimum atomic E-state index is -0.0652. The highest BCUT2D eigenvalue weighted by atomic mass is 79.9. The first-order valence-electron chi connectivity index (χ1n) is 6.86. The van der Waals surface area contributed by atoms with Crippen molar-refractivity contribution in [3.8, 4) is 0 Å². The molecule has 0 heterocycles. The standard InChI is InChI=1S/C15H22BrNO/c1-2-15(12-4-6-13(16)7-5-12)17-10-11-3-8-14(18)9-11/h4-7,11,14-15,17-18H,2-3,8-10H2,1H3. The second-order valence-corrected chi connectivity index (χ2v) is 6.17. The van der Waals surface area contributed by atoms with Gasteiger partial charge >= 0.3 is 0 Å². The maximum Gasteiger partial charge on any atom is 0.0543 e. The number of rotatable bonds is 5. The van der Waals surface area contributed by atoms with Crippen molar-refractivity contribution in [2.24, 2.45) is 5.92 Å². The summed E-state index contributed by atoms with van der Waals surface area (Å²) in [6, 6.07) is 8.97. The second-order valence-electron chi connectivity index (χ2n) is 5.25. The summed E-state index contributed by atoms with van der Waals surface area (Å²) in [5, 5.41) is 13.2. The number of hydrogen-bond acceptors (Lipinski definition) is 2. The number of benzene rings is 1. The summed E-state index contributed by atoms with van der Waals surface area (Å²) in [6.45, 7) is 3.23. The van der Waals surface area contributed by atoms with Gasteiger partial charge in [-0.15, -0.1) is 0 Å². The van der Waals surface area contributed by atoms with E-state index >= 15 is 0 Å². The van der Waals surface area contributed by atoms with Crippen LogP contribution in [-0.2, 0) is 0 Å². The van der Waals surface area contributed by atoms with E-state index in [1.165, 1.54) is 5.56 Å². The highest BCUT2D eigenvalue weighted by Crippen LogP contribution is 2.26. The molecule has 0 spiro atoms. The van der Waals surface area contributed by atoms with E-state index in [9.17, 15) is 5.11 Å². The van der Waals surface area contributed by atoms with Crippen LogP contribution in [0.5, 0.6) is 0 Å². The number of hydrogen-bond donors (Lipinski definition) is 2. The summed E-state index contributed by atoms with van der Waals surface area (Å²) in [6.07, 6.45) is 4.12. The molecule has 1 saturated carbocycles. The summed E-state index contributed by atoms with van der Waals surface area (Å²) >= 11 is 3.47. The van der Waals surface area contributed by atoms with E-state index in [4.69, 9.17) is 0 Å². The van der Waals surface area contributed by atoms with Crippen molar-refractivity contribution < 1.29 is 5.11 Å². The summed E-state index contributed by atoms with van der Waals surface area (Å²) in [4.78, 5) is 0. The van der Waals surface area contributed by atoms with Crippen LogP contribution >= 0.6 is 15.9 Å². The van der Waals surface area contributed by atoms with E-state index in [2.05, 4.69) is 52.4 Å². The SMILES string of the molecule is CCC(NCC1CCC(O)C1)c1ccc(Br)cc1. The Kier molecular flexibility index (Phi) is 5.22. The molecule has 3 unspecified atom stereocenters. The van der Waals surface area contributed by atoms with Gasteiger partial charge in [0.1, 0.15) is 0 Å². The summed E-state index contributed by atoms with van der Waals surface area (Å²) in [7, 11) is 0. The minimum Gasteiger partial charge on any atom is -0.393 e. The van der Waals surface area contributed by atoms with E-state index in [0.717, 1.165) is 36.7 Å². The number of halogens is 1. The van der Waals surface area contributed by atoms with Gasteiger partial charge < -0.3 is 10.4 Å². The maximum absolute atomic E-state index is 9.54. The van der Waals surface area contributed by atoms with Gasteiger partial charge in [-0.25, -0.2) is 0 Å². The molecule has 2 nitrogen and oxygen atoms in total. The molecule has 0 aliphatic heterocycles. The molecule has 1 aromatic carbocycles. The van der Waals surface area contributed by atoms with Gasteiger partial charge in [0.2, 0.25) is 0 Å². The van der Waals surface area contributed by atoms with Crippen LogP contribution in [0.1, 0.15) is 44.2 Å². The van der Waals surface area contributed by atoms with Crippen LogP contribution in [0.2, 0.25) is 0 Å². The van der Waals surface area contributed by atoms with E-state index in [1.54, 1.807) is 0 Å². The van der Waals surface area contributed by atoms with Crippen molar-refractivity contribution in [1.29, 1.82) is 0 Å². The van der Waals surface area contributed by atoms with Crippen LogP contribution < -0.4 is 5.32 Å². The van der Waals surface area contributed by atoms with Crippen LogP contribution in [0.3, 0.4) is 0 Å². The van der Waals surface area contributed by atoms with Gasteiger partial charge in [0, 0.05) is 10.5 Å². The van der Waals surface area contributed by atoms with Gasteiger partial charge in [-0.2, -0.15) is 0 Å². The fraction of sp³-hybridized carbons (Fsp3) is 0.600. The lowest BCUT2D eigenvalue weighted by Crippen LogP contribution is -2.26. The topological polar surface area (TPSA) is 32.3 Å². The molecule has 0 aromatic heterocycles. The first kappa shape index (κ1) is 14.0. The molecule has 2 rings (SSSR count). The van der Waals surface area contributed by atoms with Crippen molar-refractivity contribution in [3.05, 3.63) is 34.3 Å². The lowest BCUT2D eigenvalue weighted by Gasteiger charge is -2.20. The Balaban J connectivity index is 1.87. The molecule has 1 aliphatic carbocycles. The van der Waals surface area contributed by atoms with E-state index < -0.39 is 0 Å². The third kappa shape index (κ3) is 3.81. The monoisotopic (exact) mass is 311 g/mol. The average Bonchev–Trinajstić information content (AvgIpc) is 2.78. The molecule has 1 fully saturated rings. The van der Waals surface area contributed by atoms with Crippen LogP contribution in [0.15, 0.2) is 28.7 Å². The van der Waals surface area contributed by atoms with Gasteiger partial charge in [0.05, 0.1) is 6.10 Å². The number of nitrogens with one attached hydrogen (secondary N) is 1. The van der Waals surface area contributed by atoms with Crippen molar-refractivity contribution in [3.63, 3.8) is 0 Å². The van der Waals surface area contributed by atoms with E-state index in [-0.39, 0.29) is 6.10 Å².